The molecule has 1 aromatic heterocycles. The Bertz CT molecular complexity index is 773. The van der Waals surface area contributed by atoms with Crippen LogP contribution < -0.4 is 4.90 Å². The molecule has 0 spiro atoms. The molecule has 25 heavy (non-hydrogen) atoms. The Labute approximate surface area is 148 Å². The zero-order chi connectivity index (χ0) is 17.6. The molecule has 2 heterocycles. The van der Waals surface area contributed by atoms with E-state index in [1.807, 2.05) is 37.8 Å². The first-order chi connectivity index (χ1) is 11.9. The van der Waals surface area contributed by atoms with Crippen molar-refractivity contribution in [3.05, 3.63) is 42.2 Å². The SMILES string of the molecule is CC(C)(C)OC(=O)N1CC2CCCC2c2ccc(-c3ccco3)cc21. The number of anilines is 1. The Morgan fingerprint density at radius 3 is 2.80 bits per heavy atom. The molecular formula is C21H25NO3. The fourth-order valence-electron chi connectivity index (χ4n) is 4.17. The summed E-state index contributed by atoms with van der Waals surface area (Å²) in [5.74, 6) is 1.91. The van der Waals surface area contributed by atoms with Crippen molar-refractivity contribution < 1.29 is 13.9 Å². The lowest BCUT2D eigenvalue weighted by Crippen LogP contribution is -2.43. The van der Waals surface area contributed by atoms with Gasteiger partial charge in [0.1, 0.15) is 11.4 Å². The van der Waals surface area contributed by atoms with Crippen molar-refractivity contribution in [2.45, 2.75) is 51.6 Å². The summed E-state index contributed by atoms with van der Waals surface area (Å²) in [4.78, 5) is 14.7. The molecule has 0 radical (unpaired) electrons. The summed E-state index contributed by atoms with van der Waals surface area (Å²) in [6, 6.07) is 10.2. The van der Waals surface area contributed by atoms with Crippen LogP contribution in [0.1, 0.15) is 51.5 Å². The Balaban J connectivity index is 1.75. The monoisotopic (exact) mass is 339 g/mol. The zero-order valence-electron chi connectivity index (χ0n) is 15.1. The van der Waals surface area contributed by atoms with Gasteiger partial charge in [-0.05, 0) is 69.2 Å². The fraction of sp³-hybridized carbons (Fsp3) is 0.476. The molecule has 1 aliphatic heterocycles. The van der Waals surface area contributed by atoms with Crippen molar-refractivity contribution in [1.82, 2.24) is 0 Å². The number of amides is 1. The molecule has 1 aromatic carbocycles. The summed E-state index contributed by atoms with van der Waals surface area (Å²) < 4.78 is 11.2. The van der Waals surface area contributed by atoms with Crippen LogP contribution in [0.3, 0.4) is 0 Å². The second-order valence-electron chi connectivity index (χ2n) is 8.14. The van der Waals surface area contributed by atoms with E-state index in [2.05, 4.69) is 18.2 Å². The molecule has 4 rings (SSSR count). The maximum atomic E-state index is 12.8. The molecule has 132 valence electrons. The average Bonchev–Trinajstić information content (AvgIpc) is 3.23. The zero-order valence-corrected chi connectivity index (χ0v) is 15.1. The maximum Gasteiger partial charge on any atom is 0.414 e. The third-order valence-corrected chi connectivity index (χ3v) is 5.22. The first-order valence-corrected chi connectivity index (χ1v) is 9.11. The molecule has 1 saturated carbocycles. The highest BCUT2D eigenvalue weighted by Gasteiger charge is 2.40. The summed E-state index contributed by atoms with van der Waals surface area (Å²) >= 11 is 0. The van der Waals surface area contributed by atoms with E-state index in [-0.39, 0.29) is 6.09 Å². The average molecular weight is 339 g/mol. The van der Waals surface area contributed by atoms with Crippen LogP contribution in [0.5, 0.6) is 0 Å². The van der Waals surface area contributed by atoms with Gasteiger partial charge in [-0.15, -0.1) is 0 Å². The van der Waals surface area contributed by atoms with Crippen LogP contribution in [0.2, 0.25) is 0 Å². The van der Waals surface area contributed by atoms with Crippen molar-refractivity contribution in [3.63, 3.8) is 0 Å². The molecule has 0 bridgehead atoms. The lowest BCUT2D eigenvalue weighted by Gasteiger charge is -2.38. The topological polar surface area (TPSA) is 42.7 Å². The highest BCUT2D eigenvalue weighted by atomic mass is 16.6. The smallest absolute Gasteiger partial charge is 0.414 e. The van der Waals surface area contributed by atoms with Crippen molar-refractivity contribution >= 4 is 11.8 Å². The first-order valence-electron chi connectivity index (χ1n) is 9.11. The van der Waals surface area contributed by atoms with E-state index in [0.717, 1.165) is 23.6 Å². The summed E-state index contributed by atoms with van der Waals surface area (Å²) in [5, 5.41) is 0. The molecule has 2 aromatic rings. The second-order valence-corrected chi connectivity index (χ2v) is 8.14. The summed E-state index contributed by atoms with van der Waals surface area (Å²) in [7, 11) is 0. The fourth-order valence-corrected chi connectivity index (χ4v) is 4.17. The molecule has 2 atom stereocenters. The number of benzene rings is 1. The van der Waals surface area contributed by atoms with Gasteiger partial charge in [0.05, 0.1) is 12.0 Å². The number of carbonyl (C=O) groups excluding carboxylic acids is 1. The Morgan fingerprint density at radius 2 is 2.08 bits per heavy atom. The number of carbonyl (C=O) groups is 1. The first kappa shape index (κ1) is 16.2. The van der Waals surface area contributed by atoms with Crippen LogP contribution in [0.4, 0.5) is 10.5 Å². The standard InChI is InChI=1S/C21H25NO3/c1-21(2,3)25-20(23)22-13-15-6-4-7-16(15)17-10-9-14(12-18(17)22)19-8-5-11-24-19/h5,8-12,15-16H,4,6-7,13H2,1-3H3. The number of hydrogen-bond donors (Lipinski definition) is 0. The normalized spacial score (nSPS) is 22.4. The van der Waals surface area contributed by atoms with Gasteiger partial charge in [0.25, 0.3) is 0 Å². The number of hydrogen-bond acceptors (Lipinski definition) is 3. The number of fused-ring (bicyclic) bond motifs is 3. The van der Waals surface area contributed by atoms with Gasteiger partial charge < -0.3 is 9.15 Å². The minimum Gasteiger partial charge on any atom is -0.464 e. The van der Waals surface area contributed by atoms with Gasteiger partial charge in [0.2, 0.25) is 0 Å². The van der Waals surface area contributed by atoms with Crippen molar-refractivity contribution in [2.24, 2.45) is 5.92 Å². The Kier molecular flexibility index (Phi) is 3.86. The molecule has 0 N–H and O–H groups in total. The van der Waals surface area contributed by atoms with Crippen molar-refractivity contribution in [2.75, 3.05) is 11.4 Å². The second kappa shape index (κ2) is 5.94. The minimum atomic E-state index is -0.498. The molecule has 4 nitrogen and oxygen atoms in total. The summed E-state index contributed by atoms with van der Waals surface area (Å²) in [6.07, 6.45) is 5.05. The molecule has 1 amide bonds. The maximum absolute atomic E-state index is 12.8. The van der Waals surface area contributed by atoms with E-state index in [9.17, 15) is 4.79 Å². The van der Waals surface area contributed by atoms with Crippen molar-refractivity contribution in [1.29, 1.82) is 0 Å². The van der Waals surface area contributed by atoms with Gasteiger partial charge in [-0.1, -0.05) is 18.6 Å². The van der Waals surface area contributed by atoms with Gasteiger partial charge in [0.15, 0.2) is 0 Å². The number of nitrogens with zero attached hydrogens (tertiary/aromatic N) is 1. The van der Waals surface area contributed by atoms with Crippen molar-refractivity contribution in [3.8, 4) is 11.3 Å². The molecule has 2 aliphatic rings. The number of rotatable bonds is 1. The highest BCUT2D eigenvalue weighted by molar-refractivity contribution is 5.91. The van der Waals surface area contributed by atoms with Gasteiger partial charge in [-0.25, -0.2) is 4.79 Å². The number of furan rings is 1. The van der Waals surface area contributed by atoms with E-state index >= 15 is 0 Å². The van der Waals surface area contributed by atoms with Gasteiger partial charge in [-0.3, -0.25) is 4.90 Å². The third kappa shape index (κ3) is 3.06. The molecule has 2 unspecified atom stereocenters. The van der Waals surface area contributed by atoms with Gasteiger partial charge in [-0.2, -0.15) is 0 Å². The van der Waals surface area contributed by atoms with E-state index < -0.39 is 5.60 Å². The summed E-state index contributed by atoms with van der Waals surface area (Å²) in [6.45, 7) is 6.47. The lowest BCUT2D eigenvalue weighted by molar-refractivity contribution is 0.0570. The van der Waals surface area contributed by atoms with Crippen LogP contribution in [0.25, 0.3) is 11.3 Å². The Hall–Kier alpha value is -2.23. The quantitative estimate of drug-likeness (QED) is 0.680. The van der Waals surface area contributed by atoms with Crippen LogP contribution in [-0.4, -0.2) is 18.2 Å². The van der Waals surface area contributed by atoms with Gasteiger partial charge in [0, 0.05) is 12.1 Å². The predicted molar refractivity (Wildman–Crippen MR) is 97.8 cm³/mol. The van der Waals surface area contributed by atoms with Crippen LogP contribution >= 0.6 is 0 Å². The van der Waals surface area contributed by atoms with Crippen LogP contribution in [0.15, 0.2) is 41.0 Å². The lowest BCUT2D eigenvalue weighted by atomic mass is 9.83. The summed E-state index contributed by atoms with van der Waals surface area (Å²) in [5.41, 5.74) is 2.75. The number of ether oxygens (including phenoxy) is 1. The van der Waals surface area contributed by atoms with Crippen LogP contribution in [0, 0.1) is 5.92 Å². The van der Waals surface area contributed by atoms with Gasteiger partial charge >= 0.3 is 6.09 Å². The predicted octanol–water partition coefficient (Wildman–Crippen LogP) is 5.59. The molecule has 1 fully saturated rings. The Morgan fingerprint density at radius 1 is 1.24 bits per heavy atom. The van der Waals surface area contributed by atoms with E-state index in [4.69, 9.17) is 9.15 Å². The van der Waals surface area contributed by atoms with Crippen LogP contribution in [-0.2, 0) is 4.74 Å². The molecule has 4 heteroatoms. The minimum absolute atomic E-state index is 0.254. The highest BCUT2D eigenvalue weighted by Crippen LogP contribution is 2.48. The molecular weight excluding hydrogens is 314 g/mol. The molecule has 1 aliphatic carbocycles. The van der Waals surface area contributed by atoms with E-state index in [0.29, 0.717) is 11.8 Å². The van der Waals surface area contributed by atoms with E-state index in [1.54, 1.807) is 6.26 Å². The third-order valence-electron chi connectivity index (χ3n) is 5.22. The molecule has 0 saturated heterocycles. The largest absolute Gasteiger partial charge is 0.464 e. The van der Waals surface area contributed by atoms with E-state index in [1.165, 1.54) is 24.8 Å².